The molecule has 1 saturated carbocycles. The van der Waals surface area contributed by atoms with Crippen LogP contribution in [-0.4, -0.2) is 16.0 Å². The molecule has 4 nitrogen and oxygen atoms in total. The van der Waals surface area contributed by atoms with Gasteiger partial charge in [-0.15, -0.1) is 0 Å². The highest BCUT2D eigenvalue weighted by Crippen LogP contribution is 2.34. The number of anilines is 2. The quantitative estimate of drug-likeness (QED) is 0.601. The van der Waals surface area contributed by atoms with Crippen LogP contribution in [0.2, 0.25) is 5.02 Å². The number of benzene rings is 1. The number of rotatable bonds is 4. The number of hydrogen-bond donors (Lipinski definition) is 2. The van der Waals surface area contributed by atoms with Crippen LogP contribution in [0, 0.1) is 0 Å². The number of nitrogen functional groups attached to an aromatic ring is 1. The Balaban J connectivity index is 1.73. The van der Waals surface area contributed by atoms with Gasteiger partial charge in [-0.05, 0) is 37.1 Å². The normalized spacial score (nSPS) is 16.0. The fourth-order valence-electron chi connectivity index (χ4n) is 2.81. The van der Waals surface area contributed by atoms with E-state index in [9.17, 15) is 0 Å². The first-order valence-electron chi connectivity index (χ1n) is 8.03. The average molecular weight is 349 g/mol. The fraction of sp³-hybridized carbons (Fsp3) is 0.412. The third kappa shape index (κ3) is 4.52. The minimum atomic E-state index is 0.461. The first-order valence-corrected chi connectivity index (χ1v) is 9.22. The van der Waals surface area contributed by atoms with Crippen LogP contribution >= 0.6 is 23.4 Å². The average Bonchev–Trinajstić information content (AvgIpc) is 2.82. The van der Waals surface area contributed by atoms with Crippen LogP contribution in [0.5, 0.6) is 0 Å². The zero-order valence-electron chi connectivity index (χ0n) is 13.0. The first-order chi connectivity index (χ1) is 11.2. The molecule has 1 aliphatic carbocycles. The molecule has 1 heterocycles. The molecule has 2 aromatic rings. The SMILES string of the molecule is Nc1c(NC2CCCCCC2)ncnc1Sc1ccc(Cl)cc1. The molecule has 1 fully saturated rings. The molecule has 3 N–H and O–H groups in total. The van der Waals surface area contributed by atoms with Crippen molar-refractivity contribution in [2.75, 3.05) is 11.1 Å². The van der Waals surface area contributed by atoms with E-state index in [1.807, 2.05) is 24.3 Å². The van der Waals surface area contributed by atoms with Gasteiger partial charge in [-0.2, -0.15) is 0 Å². The van der Waals surface area contributed by atoms with Crippen molar-refractivity contribution in [3.05, 3.63) is 35.6 Å². The van der Waals surface area contributed by atoms with Crippen molar-refractivity contribution in [1.82, 2.24) is 9.97 Å². The molecule has 1 aliphatic rings. The smallest absolute Gasteiger partial charge is 0.154 e. The van der Waals surface area contributed by atoms with Gasteiger partial charge in [0.1, 0.15) is 17.0 Å². The van der Waals surface area contributed by atoms with E-state index in [-0.39, 0.29) is 0 Å². The summed E-state index contributed by atoms with van der Waals surface area (Å²) in [5, 5.41) is 5.01. The summed E-state index contributed by atoms with van der Waals surface area (Å²) in [6.45, 7) is 0. The van der Waals surface area contributed by atoms with Crippen LogP contribution < -0.4 is 11.1 Å². The topological polar surface area (TPSA) is 63.8 Å². The molecule has 0 amide bonds. The maximum atomic E-state index is 6.28. The Morgan fingerprint density at radius 1 is 1.04 bits per heavy atom. The molecule has 0 bridgehead atoms. The maximum absolute atomic E-state index is 6.28. The Labute approximate surface area is 146 Å². The predicted molar refractivity (Wildman–Crippen MR) is 97.1 cm³/mol. The molecular weight excluding hydrogens is 328 g/mol. The summed E-state index contributed by atoms with van der Waals surface area (Å²) in [6, 6.07) is 8.13. The summed E-state index contributed by atoms with van der Waals surface area (Å²) in [5.74, 6) is 0.753. The second-order valence-electron chi connectivity index (χ2n) is 5.83. The molecule has 1 aromatic heterocycles. The molecule has 0 aliphatic heterocycles. The lowest BCUT2D eigenvalue weighted by molar-refractivity contribution is 0.617. The Hall–Kier alpha value is -1.46. The van der Waals surface area contributed by atoms with Crippen molar-refractivity contribution < 1.29 is 0 Å². The van der Waals surface area contributed by atoms with Gasteiger partial charge in [-0.3, -0.25) is 0 Å². The molecule has 6 heteroatoms. The lowest BCUT2D eigenvalue weighted by atomic mass is 10.1. The Morgan fingerprint density at radius 3 is 2.43 bits per heavy atom. The summed E-state index contributed by atoms with van der Waals surface area (Å²) < 4.78 is 0. The highest BCUT2D eigenvalue weighted by Gasteiger charge is 2.16. The molecule has 1 aromatic carbocycles. The third-order valence-corrected chi connectivity index (χ3v) is 5.35. The van der Waals surface area contributed by atoms with E-state index in [1.54, 1.807) is 6.33 Å². The lowest BCUT2D eigenvalue weighted by Gasteiger charge is -2.18. The summed E-state index contributed by atoms with van der Waals surface area (Å²) in [7, 11) is 0. The minimum Gasteiger partial charge on any atom is -0.394 e. The molecular formula is C17H21ClN4S. The molecule has 122 valence electrons. The largest absolute Gasteiger partial charge is 0.394 e. The summed E-state index contributed by atoms with van der Waals surface area (Å²) in [4.78, 5) is 9.72. The van der Waals surface area contributed by atoms with Crippen molar-refractivity contribution >= 4 is 34.9 Å². The van der Waals surface area contributed by atoms with Crippen molar-refractivity contribution in [3.8, 4) is 0 Å². The van der Waals surface area contributed by atoms with Crippen LogP contribution in [0.25, 0.3) is 0 Å². The second-order valence-corrected chi connectivity index (χ2v) is 7.33. The lowest BCUT2D eigenvalue weighted by Crippen LogP contribution is -2.20. The zero-order chi connectivity index (χ0) is 16.1. The highest BCUT2D eigenvalue weighted by atomic mass is 35.5. The Morgan fingerprint density at radius 2 is 1.74 bits per heavy atom. The highest BCUT2D eigenvalue weighted by molar-refractivity contribution is 7.99. The molecule has 23 heavy (non-hydrogen) atoms. The van der Waals surface area contributed by atoms with E-state index in [1.165, 1.54) is 50.3 Å². The van der Waals surface area contributed by atoms with Gasteiger partial charge in [0.05, 0.1) is 0 Å². The van der Waals surface area contributed by atoms with Gasteiger partial charge in [0.15, 0.2) is 5.82 Å². The van der Waals surface area contributed by atoms with Crippen molar-refractivity contribution in [3.63, 3.8) is 0 Å². The van der Waals surface area contributed by atoms with E-state index in [0.29, 0.717) is 11.7 Å². The monoisotopic (exact) mass is 348 g/mol. The van der Waals surface area contributed by atoms with Gasteiger partial charge < -0.3 is 11.1 Å². The van der Waals surface area contributed by atoms with Crippen LogP contribution in [0.4, 0.5) is 11.5 Å². The van der Waals surface area contributed by atoms with Gasteiger partial charge in [0.25, 0.3) is 0 Å². The number of nitrogens with zero attached hydrogens (tertiary/aromatic N) is 2. The van der Waals surface area contributed by atoms with E-state index in [0.717, 1.165) is 20.8 Å². The first kappa shape index (κ1) is 16.4. The molecule has 0 unspecified atom stereocenters. The molecule has 0 spiro atoms. The molecule has 3 rings (SSSR count). The van der Waals surface area contributed by atoms with E-state index in [2.05, 4.69) is 15.3 Å². The third-order valence-electron chi connectivity index (χ3n) is 4.07. The van der Waals surface area contributed by atoms with E-state index < -0.39 is 0 Å². The number of aromatic nitrogens is 2. The van der Waals surface area contributed by atoms with Crippen LogP contribution in [0.15, 0.2) is 40.5 Å². The van der Waals surface area contributed by atoms with Gasteiger partial charge in [0, 0.05) is 16.0 Å². The standard InChI is InChI=1S/C17H21ClN4S/c18-12-7-9-14(10-8-12)23-17-15(19)16(20-11-21-17)22-13-5-3-1-2-4-6-13/h7-11,13H,1-6,19H2,(H,20,21,22). The predicted octanol–water partition coefficient (Wildman–Crippen LogP) is 5.00. The van der Waals surface area contributed by atoms with E-state index >= 15 is 0 Å². The molecule has 0 radical (unpaired) electrons. The second kappa shape index (κ2) is 7.88. The number of nitrogens with one attached hydrogen (secondary N) is 1. The summed E-state index contributed by atoms with van der Waals surface area (Å²) in [6.07, 6.45) is 9.15. The van der Waals surface area contributed by atoms with Crippen LogP contribution in [-0.2, 0) is 0 Å². The Kier molecular flexibility index (Phi) is 5.62. The van der Waals surface area contributed by atoms with Crippen molar-refractivity contribution in [1.29, 1.82) is 0 Å². The molecule has 0 saturated heterocycles. The van der Waals surface area contributed by atoms with Gasteiger partial charge in [-0.25, -0.2) is 9.97 Å². The van der Waals surface area contributed by atoms with Gasteiger partial charge >= 0.3 is 0 Å². The number of halogens is 1. The maximum Gasteiger partial charge on any atom is 0.154 e. The fourth-order valence-corrected chi connectivity index (χ4v) is 3.73. The zero-order valence-corrected chi connectivity index (χ0v) is 14.5. The minimum absolute atomic E-state index is 0.461. The number of nitrogens with two attached hydrogens (primary N) is 1. The van der Waals surface area contributed by atoms with E-state index in [4.69, 9.17) is 17.3 Å². The summed E-state index contributed by atoms with van der Waals surface area (Å²) in [5.41, 5.74) is 6.90. The van der Waals surface area contributed by atoms with Gasteiger partial charge in [0.2, 0.25) is 0 Å². The van der Waals surface area contributed by atoms with Gasteiger partial charge in [-0.1, -0.05) is 49.0 Å². The Bertz CT molecular complexity index is 640. The van der Waals surface area contributed by atoms with Crippen LogP contribution in [0.1, 0.15) is 38.5 Å². The number of hydrogen-bond acceptors (Lipinski definition) is 5. The van der Waals surface area contributed by atoms with Crippen molar-refractivity contribution in [2.45, 2.75) is 54.5 Å². The van der Waals surface area contributed by atoms with Crippen LogP contribution in [0.3, 0.4) is 0 Å². The van der Waals surface area contributed by atoms with Crippen molar-refractivity contribution in [2.24, 2.45) is 0 Å². The summed E-state index contributed by atoms with van der Waals surface area (Å²) >= 11 is 7.45. The molecule has 0 atom stereocenters.